The normalized spacial score (nSPS) is 14.1. The summed E-state index contributed by atoms with van der Waals surface area (Å²) in [4.78, 5) is 27.0. The monoisotopic (exact) mass is 268 g/mol. The van der Waals surface area contributed by atoms with Crippen molar-refractivity contribution in [1.82, 2.24) is 19.9 Å². The fourth-order valence-electron chi connectivity index (χ4n) is 2.07. The van der Waals surface area contributed by atoms with Crippen molar-refractivity contribution in [2.24, 2.45) is 0 Å². The third-order valence-corrected chi connectivity index (χ3v) is 3.31. The summed E-state index contributed by atoms with van der Waals surface area (Å²) in [5.41, 5.74) is 2.11. The molecule has 1 saturated carbocycles. The predicted octanol–water partition coefficient (Wildman–Crippen LogP) is 1.98. The van der Waals surface area contributed by atoms with Crippen LogP contribution in [0.25, 0.3) is 0 Å². The van der Waals surface area contributed by atoms with Crippen LogP contribution in [-0.2, 0) is 6.54 Å². The van der Waals surface area contributed by atoms with Gasteiger partial charge in [-0.2, -0.15) is 0 Å². The van der Waals surface area contributed by atoms with Crippen LogP contribution in [0.2, 0.25) is 0 Å². The van der Waals surface area contributed by atoms with Gasteiger partial charge in [0.05, 0.1) is 24.1 Å². The van der Waals surface area contributed by atoms with Gasteiger partial charge >= 0.3 is 0 Å². The molecule has 0 aliphatic heterocycles. The summed E-state index contributed by atoms with van der Waals surface area (Å²) in [7, 11) is 0. The minimum atomic E-state index is -0.0642. The zero-order valence-electron chi connectivity index (χ0n) is 11.4. The molecule has 5 heteroatoms. The Kier molecular flexibility index (Phi) is 3.41. The molecule has 3 rings (SSSR count). The molecule has 0 N–H and O–H groups in total. The number of aryl methyl sites for hydroxylation is 1. The van der Waals surface area contributed by atoms with Crippen molar-refractivity contribution in [3.05, 3.63) is 53.9 Å². The van der Waals surface area contributed by atoms with Crippen molar-refractivity contribution >= 4 is 5.91 Å². The molecule has 20 heavy (non-hydrogen) atoms. The molecule has 0 spiro atoms. The first-order valence-electron chi connectivity index (χ1n) is 6.73. The van der Waals surface area contributed by atoms with Gasteiger partial charge in [-0.05, 0) is 31.9 Å². The topological polar surface area (TPSA) is 59.0 Å². The second kappa shape index (κ2) is 5.36. The molecule has 1 aliphatic rings. The van der Waals surface area contributed by atoms with Gasteiger partial charge < -0.3 is 4.90 Å². The van der Waals surface area contributed by atoms with Gasteiger partial charge in [-0.3, -0.25) is 14.8 Å². The lowest BCUT2D eigenvalue weighted by Gasteiger charge is -2.21. The molecule has 0 unspecified atom stereocenters. The number of pyridine rings is 1. The number of carbonyl (C=O) groups excluding carboxylic acids is 1. The Morgan fingerprint density at radius 1 is 1.25 bits per heavy atom. The maximum absolute atomic E-state index is 12.5. The predicted molar refractivity (Wildman–Crippen MR) is 73.9 cm³/mol. The van der Waals surface area contributed by atoms with Crippen LogP contribution in [-0.4, -0.2) is 31.8 Å². The van der Waals surface area contributed by atoms with Crippen molar-refractivity contribution in [2.45, 2.75) is 32.4 Å². The number of nitrogens with zero attached hydrogens (tertiary/aromatic N) is 4. The summed E-state index contributed by atoms with van der Waals surface area (Å²) in [5, 5.41) is 0. The molecule has 0 aromatic carbocycles. The van der Waals surface area contributed by atoms with Crippen LogP contribution in [0.4, 0.5) is 0 Å². The van der Waals surface area contributed by atoms with Crippen molar-refractivity contribution in [3.8, 4) is 0 Å². The van der Waals surface area contributed by atoms with Crippen LogP contribution in [0.5, 0.6) is 0 Å². The Morgan fingerprint density at radius 3 is 2.70 bits per heavy atom. The van der Waals surface area contributed by atoms with E-state index in [1.54, 1.807) is 18.6 Å². The van der Waals surface area contributed by atoms with E-state index in [1.807, 2.05) is 30.0 Å². The highest BCUT2D eigenvalue weighted by Crippen LogP contribution is 2.29. The summed E-state index contributed by atoms with van der Waals surface area (Å²) >= 11 is 0. The molecule has 5 nitrogen and oxygen atoms in total. The summed E-state index contributed by atoms with van der Waals surface area (Å²) in [6, 6.07) is 6.05. The van der Waals surface area contributed by atoms with E-state index in [2.05, 4.69) is 15.0 Å². The average molecular weight is 268 g/mol. The van der Waals surface area contributed by atoms with Gasteiger partial charge in [-0.25, -0.2) is 4.98 Å². The smallest absolute Gasteiger partial charge is 0.274 e. The Morgan fingerprint density at radius 2 is 2.10 bits per heavy atom. The summed E-state index contributed by atoms with van der Waals surface area (Å²) in [6.07, 6.45) is 7.02. The Hall–Kier alpha value is -2.30. The minimum absolute atomic E-state index is 0.0642. The number of hydrogen-bond acceptors (Lipinski definition) is 4. The van der Waals surface area contributed by atoms with Gasteiger partial charge in [-0.15, -0.1) is 0 Å². The zero-order valence-corrected chi connectivity index (χ0v) is 11.4. The standard InChI is InChI=1S/C15H16N4O/c1-11-8-18-14(9-17-11)15(20)19(13-5-6-13)10-12-4-2-3-7-16-12/h2-4,7-9,13H,5-6,10H2,1H3. The van der Waals surface area contributed by atoms with E-state index in [1.165, 1.54) is 0 Å². The second-order valence-electron chi connectivity index (χ2n) is 5.03. The Balaban J connectivity index is 1.80. The fourth-order valence-corrected chi connectivity index (χ4v) is 2.07. The van der Waals surface area contributed by atoms with Crippen molar-refractivity contribution < 1.29 is 4.79 Å². The first kappa shape index (κ1) is 12.7. The first-order chi connectivity index (χ1) is 9.74. The maximum Gasteiger partial charge on any atom is 0.274 e. The highest BCUT2D eigenvalue weighted by molar-refractivity contribution is 5.92. The first-order valence-corrected chi connectivity index (χ1v) is 6.73. The highest BCUT2D eigenvalue weighted by atomic mass is 16.2. The molecule has 1 aliphatic carbocycles. The third-order valence-electron chi connectivity index (χ3n) is 3.31. The molecule has 2 heterocycles. The number of carbonyl (C=O) groups is 1. The molecule has 2 aromatic heterocycles. The van der Waals surface area contributed by atoms with Crippen LogP contribution < -0.4 is 0 Å². The molecule has 1 fully saturated rings. The fraction of sp³-hybridized carbons (Fsp3) is 0.333. The highest BCUT2D eigenvalue weighted by Gasteiger charge is 2.33. The van der Waals surface area contributed by atoms with Crippen molar-refractivity contribution in [3.63, 3.8) is 0 Å². The summed E-state index contributed by atoms with van der Waals surface area (Å²) in [5.74, 6) is -0.0642. The van der Waals surface area contributed by atoms with Crippen molar-refractivity contribution in [1.29, 1.82) is 0 Å². The number of amides is 1. The van der Waals surface area contributed by atoms with Crippen molar-refractivity contribution in [2.75, 3.05) is 0 Å². The Bertz CT molecular complexity index is 593. The van der Waals surface area contributed by atoms with Crippen LogP contribution in [0.1, 0.15) is 34.7 Å². The zero-order chi connectivity index (χ0) is 13.9. The van der Waals surface area contributed by atoms with E-state index in [4.69, 9.17) is 0 Å². The lowest BCUT2D eigenvalue weighted by Crippen LogP contribution is -2.33. The second-order valence-corrected chi connectivity index (χ2v) is 5.03. The lowest BCUT2D eigenvalue weighted by molar-refractivity contribution is 0.0721. The van der Waals surface area contributed by atoms with E-state index in [9.17, 15) is 4.79 Å². The van der Waals surface area contributed by atoms with Gasteiger partial charge in [0.1, 0.15) is 5.69 Å². The molecular weight excluding hydrogens is 252 g/mol. The molecule has 0 saturated heterocycles. The largest absolute Gasteiger partial charge is 0.328 e. The molecule has 2 aromatic rings. The van der Waals surface area contributed by atoms with Crippen LogP contribution in [0.15, 0.2) is 36.8 Å². The van der Waals surface area contributed by atoms with Gasteiger partial charge in [0.25, 0.3) is 5.91 Å². The van der Waals surface area contributed by atoms with E-state index < -0.39 is 0 Å². The number of rotatable bonds is 4. The molecule has 0 atom stereocenters. The number of hydrogen-bond donors (Lipinski definition) is 0. The summed E-state index contributed by atoms with van der Waals surface area (Å²) < 4.78 is 0. The van der Waals surface area contributed by atoms with Gasteiger partial charge in [0.2, 0.25) is 0 Å². The molecule has 0 radical (unpaired) electrons. The van der Waals surface area contributed by atoms with Gasteiger partial charge in [0.15, 0.2) is 0 Å². The molecular formula is C15H16N4O. The van der Waals surface area contributed by atoms with E-state index in [-0.39, 0.29) is 5.91 Å². The number of aromatic nitrogens is 3. The SMILES string of the molecule is Cc1cnc(C(=O)N(Cc2ccccn2)C2CC2)cn1. The van der Waals surface area contributed by atoms with E-state index in [0.717, 1.165) is 24.2 Å². The lowest BCUT2D eigenvalue weighted by atomic mass is 10.3. The third kappa shape index (κ3) is 2.82. The van der Waals surface area contributed by atoms with Crippen LogP contribution >= 0.6 is 0 Å². The molecule has 0 bridgehead atoms. The summed E-state index contributed by atoms with van der Waals surface area (Å²) in [6.45, 7) is 2.38. The molecule has 102 valence electrons. The minimum Gasteiger partial charge on any atom is -0.328 e. The maximum atomic E-state index is 12.5. The quantitative estimate of drug-likeness (QED) is 0.850. The Labute approximate surface area is 117 Å². The molecule has 1 amide bonds. The average Bonchev–Trinajstić information content (AvgIpc) is 3.30. The van der Waals surface area contributed by atoms with Gasteiger partial charge in [-0.1, -0.05) is 6.07 Å². The van der Waals surface area contributed by atoms with E-state index >= 15 is 0 Å². The van der Waals surface area contributed by atoms with Gasteiger partial charge in [0, 0.05) is 18.4 Å². The van der Waals surface area contributed by atoms with Crippen LogP contribution in [0, 0.1) is 6.92 Å². The van der Waals surface area contributed by atoms with E-state index in [0.29, 0.717) is 18.3 Å². The van der Waals surface area contributed by atoms with Crippen LogP contribution in [0.3, 0.4) is 0 Å².